The lowest BCUT2D eigenvalue weighted by Crippen LogP contribution is -2.34. The zero-order chi connectivity index (χ0) is 17.4. The number of likely N-dealkylation sites (N-methyl/N-ethyl adjacent to an activating group) is 1. The first-order valence-electron chi connectivity index (χ1n) is 8.78. The van der Waals surface area contributed by atoms with E-state index in [1.54, 1.807) is 12.1 Å². The Hall–Kier alpha value is -1.86. The Labute approximate surface area is 145 Å². The van der Waals surface area contributed by atoms with Crippen LogP contribution in [0.4, 0.5) is 8.78 Å². The fraction of sp³-hybridized carbons (Fsp3) is 0.556. The molecule has 4 rings (SSSR count). The van der Waals surface area contributed by atoms with Gasteiger partial charge < -0.3 is 4.52 Å². The third kappa shape index (κ3) is 3.72. The summed E-state index contributed by atoms with van der Waals surface area (Å²) in [5.74, 6) is 0.430. The highest BCUT2D eigenvalue weighted by Gasteiger charge is 2.31. The van der Waals surface area contributed by atoms with Crippen LogP contribution in [0.25, 0.3) is 0 Å². The van der Waals surface area contributed by atoms with E-state index in [1.807, 2.05) is 7.05 Å². The third-order valence-corrected chi connectivity index (χ3v) is 5.10. The molecule has 0 N–H and O–H groups in total. The SMILES string of the molecule is CN(Cc1noc(C2CC2)n1)[C@H]1CCN(Cc2cccc(F)c2F)C1. The van der Waals surface area contributed by atoms with E-state index in [4.69, 9.17) is 4.52 Å². The molecule has 0 radical (unpaired) electrons. The minimum Gasteiger partial charge on any atom is -0.339 e. The van der Waals surface area contributed by atoms with Gasteiger partial charge in [0.25, 0.3) is 0 Å². The first kappa shape index (κ1) is 16.6. The van der Waals surface area contributed by atoms with Gasteiger partial charge in [-0.15, -0.1) is 0 Å². The Morgan fingerprint density at radius 2 is 2.12 bits per heavy atom. The number of aromatic nitrogens is 2. The largest absolute Gasteiger partial charge is 0.339 e. The molecule has 2 heterocycles. The summed E-state index contributed by atoms with van der Waals surface area (Å²) in [6, 6.07) is 4.70. The van der Waals surface area contributed by atoms with Crippen molar-refractivity contribution in [3.05, 3.63) is 47.1 Å². The average Bonchev–Trinajstić information content (AvgIpc) is 3.15. The van der Waals surface area contributed by atoms with Gasteiger partial charge in [0.1, 0.15) is 0 Å². The standard InChI is InChI=1S/C18H22F2N4O/c1-23(11-16-21-18(25-22-16)12-5-6-12)14-7-8-24(10-14)9-13-3-2-4-15(19)17(13)20/h2-4,12,14H,5-11H2,1H3/t14-/m0/s1. The molecule has 1 aliphatic heterocycles. The molecule has 25 heavy (non-hydrogen) atoms. The predicted molar refractivity (Wildman–Crippen MR) is 87.8 cm³/mol. The van der Waals surface area contributed by atoms with E-state index in [0.717, 1.165) is 50.1 Å². The molecule has 0 unspecified atom stereocenters. The van der Waals surface area contributed by atoms with Crippen molar-refractivity contribution in [2.24, 2.45) is 0 Å². The molecule has 134 valence electrons. The van der Waals surface area contributed by atoms with Crippen LogP contribution >= 0.6 is 0 Å². The maximum Gasteiger partial charge on any atom is 0.229 e. The molecular weight excluding hydrogens is 326 g/mol. The van der Waals surface area contributed by atoms with E-state index >= 15 is 0 Å². The molecule has 1 saturated carbocycles. The third-order valence-electron chi connectivity index (χ3n) is 5.10. The van der Waals surface area contributed by atoms with Gasteiger partial charge in [0.2, 0.25) is 5.89 Å². The van der Waals surface area contributed by atoms with Crippen molar-refractivity contribution in [3.8, 4) is 0 Å². The molecular formula is C18H22F2N4O. The highest BCUT2D eigenvalue weighted by atomic mass is 19.2. The molecule has 0 bridgehead atoms. The van der Waals surface area contributed by atoms with Crippen molar-refractivity contribution >= 4 is 0 Å². The summed E-state index contributed by atoms with van der Waals surface area (Å²) < 4.78 is 32.5. The minimum absolute atomic E-state index is 0.347. The number of hydrogen-bond acceptors (Lipinski definition) is 5. The van der Waals surface area contributed by atoms with Crippen LogP contribution in [0.15, 0.2) is 22.7 Å². The lowest BCUT2D eigenvalue weighted by atomic mass is 10.2. The van der Waals surface area contributed by atoms with Gasteiger partial charge in [-0.05, 0) is 32.4 Å². The van der Waals surface area contributed by atoms with Crippen LogP contribution in [0.2, 0.25) is 0 Å². The average molecular weight is 348 g/mol. The lowest BCUT2D eigenvalue weighted by molar-refractivity contribution is 0.215. The van der Waals surface area contributed by atoms with Gasteiger partial charge in [0.15, 0.2) is 17.5 Å². The number of rotatable bonds is 6. The molecule has 5 nitrogen and oxygen atoms in total. The molecule has 1 atom stereocenters. The van der Waals surface area contributed by atoms with Crippen molar-refractivity contribution in [2.75, 3.05) is 20.1 Å². The molecule has 1 aliphatic carbocycles. The van der Waals surface area contributed by atoms with Gasteiger partial charge in [0, 0.05) is 37.2 Å². The Bertz CT molecular complexity index is 746. The molecule has 0 amide bonds. The monoisotopic (exact) mass is 348 g/mol. The summed E-state index contributed by atoms with van der Waals surface area (Å²) in [4.78, 5) is 8.84. The number of hydrogen-bond donors (Lipinski definition) is 0. The van der Waals surface area contributed by atoms with Crippen molar-refractivity contribution < 1.29 is 13.3 Å². The van der Waals surface area contributed by atoms with Crippen molar-refractivity contribution in [1.29, 1.82) is 0 Å². The van der Waals surface area contributed by atoms with Crippen LogP contribution in [0.5, 0.6) is 0 Å². The van der Waals surface area contributed by atoms with E-state index < -0.39 is 11.6 Å². The smallest absolute Gasteiger partial charge is 0.229 e. The van der Waals surface area contributed by atoms with Gasteiger partial charge in [-0.1, -0.05) is 17.3 Å². The van der Waals surface area contributed by atoms with Crippen molar-refractivity contribution in [2.45, 2.75) is 44.3 Å². The second-order valence-corrected chi connectivity index (χ2v) is 7.13. The van der Waals surface area contributed by atoms with Crippen LogP contribution in [-0.2, 0) is 13.1 Å². The normalized spacial score (nSPS) is 21.4. The van der Waals surface area contributed by atoms with Crippen molar-refractivity contribution in [1.82, 2.24) is 19.9 Å². The Morgan fingerprint density at radius 3 is 2.92 bits per heavy atom. The van der Waals surface area contributed by atoms with Crippen LogP contribution in [-0.4, -0.2) is 46.1 Å². The summed E-state index contributed by atoms with van der Waals surface area (Å²) >= 11 is 0. The summed E-state index contributed by atoms with van der Waals surface area (Å²) in [5.41, 5.74) is 0.413. The van der Waals surface area contributed by atoms with Crippen molar-refractivity contribution in [3.63, 3.8) is 0 Å². The quantitative estimate of drug-likeness (QED) is 0.803. The summed E-state index contributed by atoms with van der Waals surface area (Å²) in [7, 11) is 2.05. The Kier molecular flexibility index (Phi) is 4.52. The molecule has 0 spiro atoms. The Morgan fingerprint density at radius 1 is 1.28 bits per heavy atom. The summed E-state index contributed by atoms with van der Waals surface area (Å²) in [6.45, 7) is 2.76. The molecule has 1 aromatic carbocycles. The number of benzene rings is 1. The highest BCUT2D eigenvalue weighted by Crippen LogP contribution is 2.38. The lowest BCUT2D eigenvalue weighted by Gasteiger charge is -2.23. The fourth-order valence-electron chi connectivity index (χ4n) is 3.41. The van der Waals surface area contributed by atoms with E-state index in [-0.39, 0.29) is 0 Å². The molecule has 2 aliphatic rings. The molecule has 7 heteroatoms. The fourth-order valence-corrected chi connectivity index (χ4v) is 3.41. The molecule has 1 saturated heterocycles. The van der Waals surface area contributed by atoms with Crippen LogP contribution < -0.4 is 0 Å². The first-order chi connectivity index (χ1) is 12.1. The highest BCUT2D eigenvalue weighted by molar-refractivity contribution is 5.19. The zero-order valence-electron chi connectivity index (χ0n) is 14.3. The maximum absolute atomic E-state index is 13.8. The van der Waals surface area contributed by atoms with E-state index in [0.29, 0.717) is 30.6 Å². The maximum atomic E-state index is 13.8. The number of halogens is 2. The molecule has 2 fully saturated rings. The first-order valence-corrected chi connectivity index (χ1v) is 8.78. The van der Waals surface area contributed by atoms with Gasteiger partial charge in [-0.2, -0.15) is 4.98 Å². The van der Waals surface area contributed by atoms with Gasteiger partial charge >= 0.3 is 0 Å². The van der Waals surface area contributed by atoms with E-state index in [1.165, 1.54) is 0 Å². The summed E-state index contributed by atoms with van der Waals surface area (Å²) in [5, 5.41) is 4.06. The predicted octanol–water partition coefficient (Wildman–Crippen LogP) is 2.93. The topological polar surface area (TPSA) is 45.4 Å². The molecule has 1 aromatic heterocycles. The second-order valence-electron chi connectivity index (χ2n) is 7.13. The Balaban J connectivity index is 1.32. The molecule has 2 aromatic rings. The van der Waals surface area contributed by atoms with Gasteiger partial charge in [0.05, 0.1) is 6.54 Å². The van der Waals surface area contributed by atoms with Crippen LogP contribution in [0.3, 0.4) is 0 Å². The van der Waals surface area contributed by atoms with E-state index in [9.17, 15) is 8.78 Å². The second kappa shape index (κ2) is 6.80. The van der Waals surface area contributed by atoms with Crippen LogP contribution in [0, 0.1) is 11.6 Å². The van der Waals surface area contributed by atoms with Gasteiger partial charge in [-0.3, -0.25) is 9.80 Å². The summed E-state index contributed by atoms with van der Waals surface area (Å²) in [6.07, 6.45) is 3.28. The van der Waals surface area contributed by atoms with Crippen LogP contribution in [0.1, 0.15) is 42.5 Å². The number of nitrogens with zero attached hydrogens (tertiary/aromatic N) is 4. The minimum atomic E-state index is -0.783. The van der Waals surface area contributed by atoms with Gasteiger partial charge in [-0.25, -0.2) is 8.78 Å². The number of likely N-dealkylation sites (tertiary alicyclic amines) is 1. The van der Waals surface area contributed by atoms with E-state index in [2.05, 4.69) is 19.9 Å². The zero-order valence-corrected chi connectivity index (χ0v) is 14.3.